The van der Waals surface area contributed by atoms with Crippen LogP contribution >= 0.6 is 0 Å². The van der Waals surface area contributed by atoms with Gasteiger partial charge in [0.25, 0.3) is 0 Å². The third-order valence-corrected chi connectivity index (χ3v) is 4.53. The highest BCUT2D eigenvalue weighted by atomic mass is 16.4. The maximum Gasteiger partial charge on any atom is 0.250 e. The second-order valence-electron chi connectivity index (χ2n) is 8.80. The number of nitrogens with two attached hydrogens (primary N) is 1. The Balaban J connectivity index is 2.11. The van der Waals surface area contributed by atoms with E-state index in [1.165, 1.54) is 11.1 Å². The predicted octanol–water partition coefficient (Wildman–Crippen LogP) is 5.58. The average molecular weight is 349 g/mol. The molecule has 0 atom stereocenters. The van der Waals surface area contributed by atoms with Crippen LogP contribution in [0.3, 0.4) is 0 Å². The fourth-order valence-electron chi connectivity index (χ4n) is 2.76. The number of benzene rings is 2. The van der Waals surface area contributed by atoms with Crippen LogP contribution in [-0.2, 0) is 10.8 Å². The second kappa shape index (κ2) is 6.27. The van der Waals surface area contributed by atoms with E-state index in [1.807, 2.05) is 24.3 Å². The van der Waals surface area contributed by atoms with Crippen LogP contribution in [0, 0.1) is 0 Å². The summed E-state index contributed by atoms with van der Waals surface area (Å²) in [5, 5.41) is 8.49. The van der Waals surface area contributed by atoms with Crippen molar-refractivity contribution in [2.45, 2.75) is 52.4 Å². The van der Waals surface area contributed by atoms with E-state index in [9.17, 15) is 0 Å². The lowest BCUT2D eigenvalue weighted by atomic mass is 9.79. The van der Waals surface area contributed by atoms with Crippen molar-refractivity contribution >= 4 is 5.69 Å². The first-order chi connectivity index (χ1) is 12.1. The number of nitrogen functional groups attached to an aromatic ring is 1. The third kappa shape index (κ3) is 3.64. The molecule has 3 rings (SSSR count). The van der Waals surface area contributed by atoms with Crippen molar-refractivity contribution < 1.29 is 4.42 Å². The van der Waals surface area contributed by atoms with E-state index < -0.39 is 0 Å². The van der Waals surface area contributed by atoms with Gasteiger partial charge in [-0.05, 0) is 46.2 Å². The molecule has 26 heavy (non-hydrogen) atoms. The molecule has 0 bridgehead atoms. The fraction of sp³-hybridized carbons (Fsp3) is 0.364. The van der Waals surface area contributed by atoms with E-state index >= 15 is 0 Å². The lowest BCUT2D eigenvalue weighted by Gasteiger charge is -2.25. The first kappa shape index (κ1) is 18.2. The number of hydrogen-bond acceptors (Lipinski definition) is 4. The number of rotatable bonds is 2. The molecule has 0 aliphatic heterocycles. The second-order valence-corrected chi connectivity index (χ2v) is 8.80. The molecule has 0 aliphatic carbocycles. The molecule has 4 nitrogen and oxygen atoms in total. The van der Waals surface area contributed by atoms with Gasteiger partial charge >= 0.3 is 0 Å². The van der Waals surface area contributed by atoms with Crippen LogP contribution in [0.1, 0.15) is 52.7 Å². The summed E-state index contributed by atoms with van der Waals surface area (Å²) in [6, 6.07) is 14.1. The summed E-state index contributed by atoms with van der Waals surface area (Å²) in [5.74, 6) is 0.955. The van der Waals surface area contributed by atoms with E-state index in [1.54, 1.807) is 0 Å². The van der Waals surface area contributed by atoms with Crippen LogP contribution in [0.5, 0.6) is 0 Å². The molecule has 0 fully saturated rings. The van der Waals surface area contributed by atoms with Gasteiger partial charge in [-0.1, -0.05) is 59.7 Å². The quantitative estimate of drug-likeness (QED) is 0.613. The van der Waals surface area contributed by atoms with Crippen LogP contribution in [0.4, 0.5) is 5.69 Å². The van der Waals surface area contributed by atoms with Crippen LogP contribution in [0.15, 0.2) is 46.9 Å². The van der Waals surface area contributed by atoms with Gasteiger partial charge in [0.15, 0.2) is 0 Å². The van der Waals surface area contributed by atoms with E-state index in [4.69, 9.17) is 10.2 Å². The molecule has 0 spiro atoms. The first-order valence-corrected chi connectivity index (χ1v) is 8.90. The van der Waals surface area contributed by atoms with E-state index in [-0.39, 0.29) is 10.8 Å². The monoisotopic (exact) mass is 349 g/mol. The van der Waals surface area contributed by atoms with Gasteiger partial charge in [0.2, 0.25) is 11.8 Å². The molecule has 3 aromatic rings. The Bertz CT molecular complexity index is 895. The Hall–Kier alpha value is -2.62. The third-order valence-electron chi connectivity index (χ3n) is 4.53. The molecule has 2 aromatic carbocycles. The molecule has 136 valence electrons. The zero-order valence-corrected chi connectivity index (χ0v) is 16.4. The zero-order chi connectivity index (χ0) is 19.1. The molecule has 1 heterocycles. The Morgan fingerprint density at radius 1 is 0.769 bits per heavy atom. The van der Waals surface area contributed by atoms with Crippen LogP contribution in [-0.4, -0.2) is 10.2 Å². The maximum atomic E-state index is 6.04. The summed E-state index contributed by atoms with van der Waals surface area (Å²) in [5.41, 5.74) is 10.9. The highest BCUT2D eigenvalue weighted by molar-refractivity contribution is 5.71. The van der Waals surface area contributed by atoms with Gasteiger partial charge in [0.1, 0.15) is 0 Å². The molecule has 0 saturated heterocycles. The van der Waals surface area contributed by atoms with Crippen molar-refractivity contribution in [3.63, 3.8) is 0 Å². The van der Waals surface area contributed by atoms with Crippen LogP contribution < -0.4 is 5.73 Å². The highest BCUT2D eigenvalue weighted by Gasteiger charge is 2.22. The number of nitrogens with zero attached hydrogens (tertiary/aromatic N) is 2. The van der Waals surface area contributed by atoms with Crippen molar-refractivity contribution in [3.05, 3.63) is 53.6 Å². The van der Waals surface area contributed by atoms with Crippen molar-refractivity contribution in [1.29, 1.82) is 0 Å². The van der Waals surface area contributed by atoms with Crippen molar-refractivity contribution in [3.8, 4) is 22.9 Å². The van der Waals surface area contributed by atoms with E-state index in [2.05, 4.69) is 69.9 Å². The number of hydrogen-bond donors (Lipinski definition) is 1. The summed E-state index contributed by atoms with van der Waals surface area (Å²) < 4.78 is 5.97. The molecule has 2 N–H and O–H groups in total. The normalized spacial score (nSPS) is 12.4. The number of anilines is 1. The standard InChI is InChI=1S/C22H27N3O/c1-21(2,3)15-11-14(12-16(13-15)22(4,5)6)19-24-25-20(26-19)17-9-7-8-10-18(17)23/h7-13H,23H2,1-6H3. The van der Waals surface area contributed by atoms with Crippen molar-refractivity contribution in [1.82, 2.24) is 10.2 Å². The smallest absolute Gasteiger partial charge is 0.250 e. The average Bonchev–Trinajstić information content (AvgIpc) is 3.03. The zero-order valence-electron chi connectivity index (χ0n) is 16.4. The van der Waals surface area contributed by atoms with Crippen molar-refractivity contribution in [2.24, 2.45) is 0 Å². The largest absolute Gasteiger partial charge is 0.416 e. The van der Waals surface area contributed by atoms with Crippen molar-refractivity contribution in [2.75, 3.05) is 5.73 Å². The Kier molecular flexibility index (Phi) is 4.39. The first-order valence-electron chi connectivity index (χ1n) is 8.90. The van der Waals surface area contributed by atoms with Gasteiger partial charge in [-0.3, -0.25) is 0 Å². The molecule has 0 unspecified atom stereocenters. The number of aromatic nitrogens is 2. The molecular weight excluding hydrogens is 322 g/mol. The van der Waals surface area contributed by atoms with Gasteiger partial charge in [0, 0.05) is 11.3 Å². The Morgan fingerprint density at radius 3 is 1.85 bits per heavy atom. The predicted molar refractivity (Wildman–Crippen MR) is 107 cm³/mol. The molecule has 1 aromatic heterocycles. The summed E-state index contributed by atoms with van der Waals surface area (Å²) in [6.07, 6.45) is 0. The van der Waals surface area contributed by atoms with Gasteiger partial charge in [-0.25, -0.2) is 0 Å². The molecule has 0 saturated carbocycles. The van der Waals surface area contributed by atoms with Gasteiger partial charge in [-0.2, -0.15) is 0 Å². The minimum Gasteiger partial charge on any atom is -0.416 e. The Morgan fingerprint density at radius 2 is 1.31 bits per heavy atom. The van der Waals surface area contributed by atoms with Crippen LogP contribution in [0.25, 0.3) is 22.9 Å². The lowest BCUT2D eigenvalue weighted by molar-refractivity contribution is 0.564. The fourth-order valence-corrected chi connectivity index (χ4v) is 2.76. The minimum absolute atomic E-state index is 0.0305. The molecular formula is C22H27N3O. The molecule has 0 amide bonds. The SMILES string of the molecule is CC(C)(C)c1cc(-c2nnc(-c3ccccc3N)o2)cc(C(C)(C)C)c1. The number of para-hydroxylation sites is 1. The maximum absolute atomic E-state index is 6.04. The minimum atomic E-state index is 0.0305. The highest BCUT2D eigenvalue weighted by Crippen LogP contribution is 2.34. The molecule has 0 radical (unpaired) electrons. The molecule has 0 aliphatic rings. The van der Waals surface area contributed by atoms with Gasteiger partial charge < -0.3 is 10.2 Å². The summed E-state index contributed by atoms with van der Waals surface area (Å²) in [7, 11) is 0. The van der Waals surface area contributed by atoms with E-state index in [0.717, 1.165) is 11.1 Å². The van der Waals surface area contributed by atoms with Gasteiger partial charge in [-0.15, -0.1) is 10.2 Å². The summed E-state index contributed by atoms with van der Waals surface area (Å²) in [6.45, 7) is 13.3. The topological polar surface area (TPSA) is 64.9 Å². The van der Waals surface area contributed by atoms with Gasteiger partial charge in [0.05, 0.1) is 5.56 Å². The summed E-state index contributed by atoms with van der Waals surface area (Å²) in [4.78, 5) is 0. The Labute approximate surface area is 155 Å². The van der Waals surface area contributed by atoms with E-state index in [0.29, 0.717) is 17.5 Å². The molecule has 4 heteroatoms. The summed E-state index contributed by atoms with van der Waals surface area (Å²) >= 11 is 0. The lowest BCUT2D eigenvalue weighted by Crippen LogP contribution is -2.16. The van der Waals surface area contributed by atoms with Crippen LogP contribution in [0.2, 0.25) is 0 Å².